The normalized spacial score (nSPS) is 12.1. The van der Waals surface area contributed by atoms with Crippen molar-refractivity contribution in [3.8, 4) is 11.5 Å². The molecule has 0 radical (unpaired) electrons. The number of rotatable bonds is 21. The van der Waals surface area contributed by atoms with Crippen molar-refractivity contribution in [1.82, 2.24) is 0 Å². The molecule has 0 heterocycles. The van der Waals surface area contributed by atoms with Crippen molar-refractivity contribution in [2.75, 3.05) is 20.3 Å². The standard InChI is InChI=1S/C15H28O.C11H12O3.C7H14.C3H5NO5/c1-2-3-4-5-6-11-15(16)13-12-14-9-7-8-10-14;1-3-4-9-5-6-10(14-8-12)11(7-9)13-2;1-3-5-7-6-4-2;5-3-8-1-2-9-4(6)7/h14H,2-13H2,1H3;3-8H,1-2H3;3,5H,4,6-7H2,1-2H3;3H,1-2H2/b;4-3+;5-3-;. The fourth-order valence-corrected chi connectivity index (χ4v) is 4.54. The molecule has 46 heavy (non-hydrogen) atoms. The van der Waals surface area contributed by atoms with Crippen molar-refractivity contribution in [1.29, 1.82) is 0 Å². The lowest BCUT2D eigenvalue weighted by molar-refractivity contribution is -0.757. The number of hydrogen-bond donors (Lipinski definition) is 0. The summed E-state index contributed by atoms with van der Waals surface area (Å²) in [5.41, 5.74) is 1.00. The maximum absolute atomic E-state index is 11.6. The Kier molecular flexibility index (Phi) is 33.0. The maximum Gasteiger partial charge on any atom is 0.298 e. The zero-order valence-electron chi connectivity index (χ0n) is 28.9. The van der Waals surface area contributed by atoms with Crippen molar-refractivity contribution in [2.45, 2.75) is 124 Å². The Hall–Kier alpha value is -3.69. The molecule has 1 aliphatic rings. The number of ether oxygens (including phenoxy) is 3. The first-order valence-electron chi connectivity index (χ1n) is 16.7. The number of unbranched alkanes of at least 4 members (excludes halogenated alkanes) is 6. The predicted molar refractivity (Wildman–Crippen MR) is 183 cm³/mol. The van der Waals surface area contributed by atoms with E-state index in [2.05, 4.69) is 42.5 Å². The Morgan fingerprint density at radius 2 is 1.61 bits per heavy atom. The third-order valence-electron chi connectivity index (χ3n) is 7.01. The van der Waals surface area contributed by atoms with Gasteiger partial charge >= 0.3 is 0 Å². The van der Waals surface area contributed by atoms with E-state index in [9.17, 15) is 24.5 Å². The lowest BCUT2D eigenvalue weighted by atomic mass is 9.98. The number of ketones is 1. The first-order chi connectivity index (χ1) is 22.3. The molecular formula is C36H59NO9. The molecule has 1 aromatic rings. The summed E-state index contributed by atoms with van der Waals surface area (Å²) in [4.78, 5) is 44.4. The number of allylic oxidation sites excluding steroid dienone is 3. The summed E-state index contributed by atoms with van der Waals surface area (Å²) in [5, 5.41) is 8.45. The monoisotopic (exact) mass is 649 g/mol. The van der Waals surface area contributed by atoms with E-state index in [0.29, 0.717) is 23.8 Å². The molecule has 10 heteroatoms. The molecule has 0 aliphatic heterocycles. The molecule has 1 aromatic carbocycles. The van der Waals surface area contributed by atoms with Gasteiger partial charge in [0.15, 0.2) is 11.5 Å². The van der Waals surface area contributed by atoms with E-state index in [1.54, 1.807) is 12.1 Å². The maximum atomic E-state index is 11.6. The van der Waals surface area contributed by atoms with Crippen LogP contribution in [0.4, 0.5) is 0 Å². The molecule has 1 fully saturated rings. The number of benzene rings is 1. The SMILES string of the molecule is C/C=C/c1ccc(OC=O)c(OC)c1.C/C=C\CCCC.CCCCCCCC(=O)CCC1CCCC1.O=COCCO[N+](=O)[O-]. The number of methoxy groups -OCH3 is 1. The zero-order valence-corrected chi connectivity index (χ0v) is 28.9. The van der Waals surface area contributed by atoms with Crippen molar-refractivity contribution in [3.63, 3.8) is 0 Å². The van der Waals surface area contributed by atoms with Gasteiger partial charge in [0, 0.05) is 12.8 Å². The van der Waals surface area contributed by atoms with Crippen LogP contribution in [0.25, 0.3) is 6.08 Å². The second kappa shape index (κ2) is 34.2. The molecule has 0 unspecified atom stereocenters. The first-order valence-corrected chi connectivity index (χ1v) is 16.7. The summed E-state index contributed by atoms with van der Waals surface area (Å²) in [6, 6.07) is 5.35. The van der Waals surface area contributed by atoms with Crippen LogP contribution in [0.3, 0.4) is 0 Å². The summed E-state index contributed by atoms with van der Waals surface area (Å²) in [6.07, 6.45) is 26.8. The van der Waals surface area contributed by atoms with E-state index in [1.807, 2.05) is 25.1 Å². The highest BCUT2D eigenvalue weighted by Crippen LogP contribution is 2.29. The molecule has 0 spiro atoms. The van der Waals surface area contributed by atoms with Crippen LogP contribution in [0.5, 0.6) is 11.5 Å². The van der Waals surface area contributed by atoms with Gasteiger partial charge in [0.2, 0.25) is 0 Å². The fourth-order valence-electron chi connectivity index (χ4n) is 4.54. The quantitative estimate of drug-likeness (QED) is 0.0420. The summed E-state index contributed by atoms with van der Waals surface area (Å²) in [6.45, 7) is 8.71. The molecule has 0 amide bonds. The highest BCUT2D eigenvalue weighted by Gasteiger charge is 2.15. The van der Waals surface area contributed by atoms with Gasteiger partial charge in [-0.2, -0.15) is 0 Å². The van der Waals surface area contributed by atoms with Gasteiger partial charge in [0.25, 0.3) is 18.0 Å². The predicted octanol–water partition coefficient (Wildman–Crippen LogP) is 9.27. The molecule has 2 rings (SSSR count). The topological polar surface area (TPSA) is 131 Å². The van der Waals surface area contributed by atoms with Crippen LogP contribution in [-0.4, -0.2) is 44.1 Å². The van der Waals surface area contributed by atoms with Crippen LogP contribution in [0.1, 0.15) is 130 Å². The Morgan fingerprint density at radius 3 is 2.17 bits per heavy atom. The summed E-state index contributed by atoms with van der Waals surface area (Å²) < 4.78 is 13.9. The van der Waals surface area contributed by atoms with E-state index in [4.69, 9.17) is 9.47 Å². The Bertz CT molecular complexity index is 957. The molecule has 0 bridgehead atoms. The zero-order chi connectivity index (χ0) is 34.7. The average molecular weight is 650 g/mol. The van der Waals surface area contributed by atoms with E-state index in [0.717, 1.165) is 30.7 Å². The smallest absolute Gasteiger partial charge is 0.298 e. The summed E-state index contributed by atoms with van der Waals surface area (Å²) >= 11 is 0. The third-order valence-corrected chi connectivity index (χ3v) is 7.01. The van der Waals surface area contributed by atoms with Gasteiger partial charge in [-0.15, -0.1) is 10.1 Å². The van der Waals surface area contributed by atoms with Gasteiger partial charge in [0.05, 0.1) is 7.11 Å². The third kappa shape index (κ3) is 29.0. The van der Waals surface area contributed by atoms with Gasteiger partial charge in [-0.05, 0) is 56.7 Å². The second-order valence-corrected chi connectivity index (χ2v) is 10.8. The summed E-state index contributed by atoms with van der Waals surface area (Å²) in [7, 11) is 1.53. The van der Waals surface area contributed by atoms with Crippen molar-refractivity contribution in [2.24, 2.45) is 5.92 Å². The number of nitrogens with zero attached hydrogens (tertiary/aromatic N) is 1. The highest BCUT2D eigenvalue weighted by atomic mass is 17.0. The summed E-state index contributed by atoms with van der Waals surface area (Å²) in [5.74, 6) is 2.37. The molecule has 10 nitrogen and oxygen atoms in total. The number of carbonyl (C=O) groups excluding carboxylic acids is 3. The van der Waals surface area contributed by atoms with Crippen LogP contribution in [0.15, 0.2) is 36.4 Å². The van der Waals surface area contributed by atoms with Crippen molar-refractivity contribution < 1.29 is 38.5 Å². The lowest BCUT2D eigenvalue weighted by Gasteiger charge is -2.07. The van der Waals surface area contributed by atoms with Gasteiger partial charge in [-0.3, -0.25) is 14.4 Å². The first kappa shape index (κ1) is 44.4. The fraction of sp³-hybridized carbons (Fsp3) is 0.639. The molecule has 1 aliphatic carbocycles. The van der Waals surface area contributed by atoms with Crippen LogP contribution in [0.2, 0.25) is 0 Å². The van der Waals surface area contributed by atoms with Gasteiger partial charge in [0.1, 0.15) is 19.0 Å². The van der Waals surface area contributed by atoms with Gasteiger partial charge < -0.3 is 19.0 Å². The average Bonchev–Trinajstić information content (AvgIpc) is 3.58. The minimum absolute atomic E-state index is 0.0928. The van der Waals surface area contributed by atoms with Gasteiger partial charge in [-0.1, -0.05) is 108 Å². The number of Topliss-reactive ketones (excluding diaryl/α,β-unsaturated/α-hetero) is 1. The molecule has 0 aromatic heterocycles. The van der Waals surface area contributed by atoms with Crippen LogP contribution < -0.4 is 9.47 Å². The van der Waals surface area contributed by atoms with E-state index < -0.39 is 5.09 Å². The Morgan fingerprint density at radius 1 is 0.913 bits per heavy atom. The molecule has 0 atom stereocenters. The van der Waals surface area contributed by atoms with Gasteiger partial charge in [-0.25, -0.2) is 0 Å². The minimum atomic E-state index is -0.950. The highest BCUT2D eigenvalue weighted by molar-refractivity contribution is 5.78. The molecule has 0 saturated heterocycles. The molecular weight excluding hydrogens is 590 g/mol. The second-order valence-electron chi connectivity index (χ2n) is 10.8. The number of carbonyl (C=O) groups is 3. The van der Waals surface area contributed by atoms with Crippen molar-refractivity contribution in [3.05, 3.63) is 52.1 Å². The molecule has 262 valence electrons. The van der Waals surface area contributed by atoms with E-state index in [1.165, 1.54) is 84.2 Å². The minimum Gasteiger partial charge on any atom is -0.493 e. The Labute approximate surface area is 277 Å². The van der Waals surface area contributed by atoms with E-state index >= 15 is 0 Å². The molecule has 0 N–H and O–H groups in total. The molecule has 1 saturated carbocycles. The number of hydrogen-bond acceptors (Lipinski definition) is 9. The largest absolute Gasteiger partial charge is 0.493 e. The van der Waals surface area contributed by atoms with Crippen LogP contribution in [0, 0.1) is 16.0 Å². The Balaban J connectivity index is 0. The van der Waals surface area contributed by atoms with Crippen LogP contribution in [-0.2, 0) is 24.0 Å². The van der Waals surface area contributed by atoms with Crippen LogP contribution >= 0.6 is 0 Å². The lowest BCUT2D eigenvalue weighted by Crippen LogP contribution is -2.07. The van der Waals surface area contributed by atoms with Crippen molar-refractivity contribution >= 4 is 24.8 Å². The van der Waals surface area contributed by atoms with E-state index in [-0.39, 0.29) is 19.7 Å².